The summed E-state index contributed by atoms with van der Waals surface area (Å²) in [6, 6.07) is 5.52. The molecule has 2 rings (SSSR count). The van der Waals surface area contributed by atoms with Crippen LogP contribution in [0, 0.1) is 0 Å². The van der Waals surface area contributed by atoms with Gasteiger partial charge in [-0.1, -0.05) is 13.0 Å². The molecule has 1 aliphatic rings. The van der Waals surface area contributed by atoms with Crippen LogP contribution in [0.3, 0.4) is 0 Å². The van der Waals surface area contributed by atoms with Crippen molar-refractivity contribution < 1.29 is 9.84 Å². The van der Waals surface area contributed by atoms with Crippen LogP contribution >= 0.6 is 0 Å². The van der Waals surface area contributed by atoms with E-state index in [0.717, 1.165) is 12.0 Å². The molecule has 0 aliphatic heterocycles. The Kier molecular flexibility index (Phi) is 3.40. The van der Waals surface area contributed by atoms with Gasteiger partial charge in [-0.2, -0.15) is 0 Å². The summed E-state index contributed by atoms with van der Waals surface area (Å²) in [5, 5.41) is 9.53. The van der Waals surface area contributed by atoms with Crippen molar-refractivity contribution >= 4 is 0 Å². The molecule has 0 saturated heterocycles. The van der Waals surface area contributed by atoms with Gasteiger partial charge in [-0.25, -0.2) is 0 Å². The zero-order valence-corrected chi connectivity index (χ0v) is 10.7. The van der Waals surface area contributed by atoms with Crippen LogP contribution in [0.15, 0.2) is 18.2 Å². The van der Waals surface area contributed by atoms with E-state index in [2.05, 4.69) is 6.92 Å². The van der Waals surface area contributed by atoms with Gasteiger partial charge in [0.1, 0.15) is 5.75 Å². The van der Waals surface area contributed by atoms with E-state index < -0.39 is 0 Å². The highest BCUT2D eigenvalue weighted by atomic mass is 16.5. The van der Waals surface area contributed by atoms with Crippen LogP contribution in [0.5, 0.6) is 5.75 Å². The third-order valence-corrected chi connectivity index (χ3v) is 3.49. The Hall–Kier alpha value is -1.06. The quantitative estimate of drug-likeness (QED) is 0.826. The van der Waals surface area contributed by atoms with Crippen molar-refractivity contribution in [2.75, 3.05) is 0 Å². The van der Waals surface area contributed by atoms with E-state index in [4.69, 9.17) is 10.5 Å². The molecule has 0 amide bonds. The van der Waals surface area contributed by atoms with Gasteiger partial charge in [0.2, 0.25) is 0 Å². The summed E-state index contributed by atoms with van der Waals surface area (Å²) < 4.78 is 5.87. The van der Waals surface area contributed by atoms with Crippen LogP contribution in [0.2, 0.25) is 0 Å². The van der Waals surface area contributed by atoms with E-state index in [1.165, 1.54) is 5.56 Å². The van der Waals surface area contributed by atoms with Gasteiger partial charge in [-0.3, -0.25) is 0 Å². The molecule has 0 heterocycles. The molecule has 0 bridgehead atoms. The van der Waals surface area contributed by atoms with Gasteiger partial charge in [-0.15, -0.1) is 0 Å². The molecule has 3 heteroatoms. The normalized spacial score (nSPS) is 28.2. The first-order valence-electron chi connectivity index (χ1n) is 6.22. The Bertz CT molecular complexity index is 403. The second-order valence-corrected chi connectivity index (χ2v) is 5.18. The van der Waals surface area contributed by atoms with Crippen LogP contribution in [-0.2, 0) is 11.2 Å². The number of nitrogens with two attached hydrogens (primary N) is 1. The molecule has 94 valence electrons. The van der Waals surface area contributed by atoms with Crippen LogP contribution < -0.4 is 5.73 Å². The Morgan fingerprint density at radius 3 is 2.76 bits per heavy atom. The van der Waals surface area contributed by atoms with Crippen molar-refractivity contribution in [2.24, 2.45) is 5.73 Å². The number of ether oxygens (including phenoxy) is 1. The smallest absolute Gasteiger partial charge is 0.115 e. The largest absolute Gasteiger partial charge is 0.508 e. The Morgan fingerprint density at radius 1 is 1.41 bits per heavy atom. The lowest BCUT2D eigenvalue weighted by molar-refractivity contribution is -0.0141. The Morgan fingerprint density at radius 2 is 2.12 bits per heavy atom. The van der Waals surface area contributed by atoms with E-state index in [9.17, 15) is 5.11 Å². The summed E-state index contributed by atoms with van der Waals surface area (Å²) in [7, 11) is 0. The fourth-order valence-corrected chi connectivity index (χ4v) is 2.56. The minimum absolute atomic E-state index is 0.00769. The van der Waals surface area contributed by atoms with Gasteiger partial charge in [-0.05, 0) is 43.0 Å². The number of rotatable bonds is 2. The number of phenols is 1. The summed E-state index contributed by atoms with van der Waals surface area (Å²) in [4.78, 5) is 0. The molecule has 1 aromatic carbocycles. The zero-order chi connectivity index (χ0) is 12.6. The molecule has 17 heavy (non-hydrogen) atoms. The maximum absolute atomic E-state index is 9.53. The first-order valence-corrected chi connectivity index (χ1v) is 6.22. The van der Waals surface area contributed by atoms with E-state index in [0.29, 0.717) is 5.75 Å². The lowest BCUT2D eigenvalue weighted by Crippen LogP contribution is -2.46. The highest BCUT2D eigenvalue weighted by Gasteiger charge is 2.32. The number of benzene rings is 1. The minimum atomic E-state index is -0.00769. The van der Waals surface area contributed by atoms with Crippen LogP contribution in [-0.4, -0.2) is 23.4 Å². The topological polar surface area (TPSA) is 55.5 Å². The molecular formula is C14H21NO2. The van der Waals surface area contributed by atoms with Crippen LogP contribution in [0.4, 0.5) is 0 Å². The van der Waals surface area contributed by atoms with E-state index in [1.54, 1.807) is 6.07 Å². The van der Waals surface area contributed by atoms with E-state index in [1.807, 2.05) is 26.0 Å². The monoisotopic (exact) mass is 235 g/mol. The zero-order valence-electron chi connectivity index (χ0n) is 10.7. The summed E-state index contributed by atoms with van der Waals surface area (Å²) in [6.07, 6.45) is 1.10. The maximum Gasteiger partial charge on any atom is 0.115 e. The molecule has 3 nitrogen and oxygen atoms in total. The van der Waals surface area contributed by atoms with Gasteiger partial charge in [0.25, 0.3) is 0 Å². The predicted octanol–water partition coefficient (Wildman–Crippen LogP) is 2.17. The van der Waals surface area contributed by atoms with Crippen molar-refractivity contribution in [1.82, 2.24) is 0 Å². The molecule has 0 aromatic heterocycles. The number of hydrogen-bond donors (Lipinski definition) is 2. The summed E-state index contributed by atoms with van der Waals surface area (Å²) in [5.74, 6) is 0.528. The first-order chi connectivity index (χ1) is 7.99. The molecular weight excluding hydrogens is 214 g/mol. The van der Waals surface area contributed by atoms with Crippen molar-refractivity contribution in [3.05, 3.63) is 29.3 Å². The third-order valence-electron chi connectivity index (χ3n) is 3.49. The molecule has 0 fully saturated rings. The van der Waals surface area contributed by atoms with Crippen molar-refractivity contribution in [2.45, 2.75) is 51.4 Å². The van der Waals surface area contributed by atoms with Crippen LogP contribution in [0.25, 0.3) is 0 Å². The van der Waals surface area contributed by atoms with E-state index in [-0.39, 0.29) is 24.2 Å². The maximum atomic E-state index is 9.53. The average molecular weight is 235 g/mol. The highest BCUT2D eigenvalue weighted by Crippen LogP contribution is 2.34. The highest BCUT2D eigenvalue weighted by molar-refractivity contribution is 5.40. The van der Waals surface area contributed by atoms with E-state index >= 15 is 0 Å². The summed E-state index contributed by atoms with van der Waals surface area (Å²) >= 11 is 0. The second-order valence-electron chi connectivity index (χ2n) is 5.18. The fourth-order valence-electron chi connectivity index (χ4n) is 2.56. The van der Waals surface area contributed by atoms with Gasteiger partial charge in [0, 0.05) is 12.5 Å². The fraction of sp³-hybridized carbons (Fsp3) is 0.571. The number of phenolic OH excluding ortho intramolecular Hbond substituents is 1. The third kappa shape index (κ3) is 2.45. The first kappa shape index (κ1) is 12.4. The lowest BCUT2D eigenvalue weighted by atomic mass is 9.79. The number of fused-ring (bicyclic) bond motifs is 1. The SMILES string of the molecule is CC(C)OC1Cc2ccc(O)cc2C(C)C1N. The Balaban J connectivity index is 2.29. The second kappa shape index (κ2) is 4.67. The van der Waals surface area contributed by atoms with Crippen LogP contribution in [0.1, 0.15) is 37.8 Å². The molecule has 3 N–H and O–H groups in total. The van der Waals surface area contributed by atoms with Crippen molar-refractivity contribution in [3.63, 3.8) is 0 Å². The molecule has 3 atom stereocenters. The minimum Gasteiger partial charge on any atom is -0.508 e. The molecule has 0 saturated carbocycles. The lowest BCUT2D eigenvalue weighted by Gasteiger charge is -2.36. The average Bonchev–Trinajstić information content (AvgIpc) is 2.26. The van der Waals surface area contributed by atoms with Gasteiger partial charge in [0.05, 0.1) is 12.2 Å². The molecule has 0 spiro atoms. The van der Waals surface area contributed by atoms with Crippen molar-refractivity contribution in [3.8, 4) is 5.75 Å². The summed E-state index contributed by atoms with van der Waals surface area (Å²) in [5.41, 5.74) is 8.62. The number of hydrogen-bond acceptors (Lipinski definition) is 3. The molecule has 1 aliphatic carbocycles. The summed E-state index contributed by atoms with van der Waals surface area (Å²) in [6.45, 7) is 6.16. The Labute approximate surface area is 103 Å². The standard InChI is InChI=1S/C14H21NO2/c1-8(2)17-13-6-10-4-5-11(16)7-12(10)9(3)14(13)15/h4-5,7-9,13-14,16H,6,15H2,1-3H3. The van der Waals surface area contributed by atoms with Crippen molar-refractivity contribution in [1.29, 1.82) is 0 Å². The van der Waals surface area contributed by atoms with Gasteiger partial charge < -0.3 is 15.6 Å². The van der Waals surface area contributed by atoms with Gasteiger partial charge in [0.15, 0.2) is 0 Å². The molecule has 1 aromatic rings. The molecule has 3 unspecified atom stereocenters. The number of aromatic hydroxyl groups is 1. The molecule has 0 radical (unpaired) electrons. The predicted molar refractivity (Wildman–Crippen MR) is 68.2 cm³/mol. The van der Waals surface area contributed by atoms with Gasteiger partial charge >= 0.3 is 0 Å².